The minimum Gasteiger partial charge on any atom is -0.390 e. The normalized spacial score (nSPS) is 30.1. The molecule has 0 radical (unpaired) electrons. The number of hydrogen-bond donors (Lipinski definition) is 5. The SMILES string of the molecule is CNc1ncnc2c1ncn2[C@@H]1C[C@](C)(COP(=O)(O)O)[C@@H](O)[C@H]1O. The van der Waals surface area contributed by atoms with Crippen molar-refractivity contribution in [3.8, 4) is 0 Å². The van der Waals surface area contributed by atoms with Crippen molar-refractivity contribution in [2.24, 2.45) is 5.41 Å². The number of fused-ring (bicyclic) bond motifs is 1. The molecule has 1 fully saturated rings. The van der Waals surface area contributed by atoms with Crippen molar-refractivity contribution in [1.29, 1.82) is 0 Å². The van der Waals surface area contributed by atoms with Crippen LogP contribution in [0.4, 0.5) is 5.82 Å². The van der Waals surface area contributed by atoms with Crippen LogP contribution < -0.4 is 5.32 Å². The fraction of sp³-hybridized carbons (Fsp3) is 0.615. The molecule has 25 heavy (non-hydrogen) atoms. The summed E-state index contributed by atoms with van der Waals surface area (Å²) < 4.78 is 17.2. The molecule has 0 saturated heterocycles. The molecule has 3 rings (SSSR count). The third-order valence-corrected chi connectivity index (χ3v) is 5.09. The van der Waals surface area contributed by atoms with E-state index in [2.05, 4.69) is 24.8 Å². The van der Waals surface area contributed by atoms with E-state index in [1.165, 1.54) is 12.7 Å². The van der Waals surface area contributed by atoms with Crippen LogP contribution in [0.1, 0.15) is 19.4 Å². The molecule has 0 unspecified atom stereocenters. The summed E-state index contributed by atoms with van der Waals surface area (Å²) in [5.74, 6) is 0.532. The summed E-state index contributed by atoms with van der Waals surface area (Å²) in [6, 6.07) is -0.579. The standard InChI is InChI=1S/C13H20N5O6P/c1-13(4-24-25(21,22)23)3-7(9(19)10(13)20)18-6-17-8-11(14-2)15-5-16-12(8)18/h5-7,9-10,19-20H,3-4H2,1-2H3,(H,14,15,16)(H2,21,22,23)/t7-,9+,10+,13-/m1/s1. The van der Waals surface area contributed by atoms with Gasteiger partial charge in [-0.15, -0.1) is 0 Å². The molecule has 1 aliphatic carbocycles. The van der Waals surface area contributed by atoms with Gasteiger partial charge in [0.05, 0.1) is 25.1 Å². The third kappa shape index (κ3) is 3.26. The zero-order valence-electron chi connectivity index (χ0n) is 13.6. The predicted octanol–water partition coefficient (Wildman–Crippen LogP) is -0.350. The third-order valence-electron chi connectivity index (χ3n) is 4.62. The quantitative estimate of drug-likeness (QED) is 0.438. The van der Waals surface area contributed by atoms with E-state index in [1.807, 2.05) is 0 Å². The topological polar surface area (TPSA) is 163 Å². The molecule has 1 aliphatic rings. The zero-order chi connectivity index (χ0) is 18.4. The Hall–Kier alpha value is -1.62. The number of imidazole rings is 1. The van der Waals surface area contributed by atoms with Gasteiger partial charge in [-0.3, -0.25) is 4.52 Å². The van der Waals surface area contributed by atoms with E-state index >= 15 is 0 Å². The van der Waals surface area contributed by atoms with Crippen LogP contribution in [0.5, 0.6) is 0 Å². The van der Waals surface area contributed by atoms with Crippen LogP contribution in [-0.2, 0) is 9.09 Å². The molecule has 0 bridgehead atoms. The lowest BCUT2D eigenvalue weighted by molar-refractivity contribution is -0.0397. The zero-order valence-corrected chi connectivity index (χ0v) is 14.5. The number of aromatic nitrogens is 4. The van der Waals surface area contributed by atoms with Crippen LogP contribution in [0, 0.1) is 5.41 Å². The number of nitrogens with zero attached hydrogens (tertiary/aromatic N) is 4. The van der Waals surface area contributed by atoms with Gasteiger partial charge in [-0.1, -0.05) is 6.92 Å². The maximum absolute atomic E-state index is 11.0. The van der Waals surface area contributed by atoms with Crippen molar-refractivity contribution >= 4 is 24.8 Å². The Morgan fingerprint density at radius 3 is 2.76 bits per heavy atom. The second kappa shape index (κ2) is 6.27. The second-order valence-corrected chi connectivity index (χ2v) is 7.66. The average molecular weight is 373 g/mol. The van der Waals surface area contributed by atoms with E-state index in [1.54, 1.807) is 18.5 Å². The average Bonchev–Trinajstić information content (AvgIpc) is 3.08. The highest BCUT2D eigenvalue weighted by atomic mass is 31.2. The number of hydrogen-bond acceptors (Lipinski definition) is 8. The fourth-order valence-electron chi connectivity index (χ4n) is 3.26. The van der Waals surface area contributed by atoms with E-state index in [9.17, 15) is 14.8 Å². The molecule has 0 aromatic carbocycles. The maximum Gasteiger partial charge on any atom is 0.469 e. The van der Waals surface area contributed by atoms with E-state index in [0.717, 1.165) is 0 Å². The molecule has 0 spiro atoms. The summed E-state index contributed by atoms with van der Waals surface area (Å²) in [6.07, 6.45) is 0.680. The summed E-state index contributed by atoms with van der Waals surface area (Å²) in [5, 5.41) is 23.8. The van der Waals surface area contributed by atoms with Crippen molar-refractivity contribution in [2.45, 2.75) is 31.6 Å². The summed E-state index contributed by atoms with van der Waals surface area (Å²) in [4.78, 5) is 30.3. The van der Waals surface area contributed by atoms with Gasteiger partial charge in [-0.05, 0) is 6.42 Å². The summed E-state index contributed by atoms with van der Waals surface area (Å²) in [6.45, 7) is 1.21. The molecular weight excluding hydrogens is 353 g/mol. The Morgan fingerprint density at radius 2 is 2.12 bits per heavy atom. The molecule has 138 valence electrons. The fourth-order valence-corrected chi connectivity index (χ4v) is 3.72. The molecule has 5 N–H and O–H groups in total. The lowest BCUT2D eigenvalue weighted by Crippen LogP contribution is -2.37. The first-order chi connectivity index (χ1) is 11.7. The number of nitrogens with one attached hydrogen (secondary N) is 1. The Kier molecular flexibility index (Phi) is 4.56. The number of aliphatic hydroxyl groups excluding tert-OH is 2. The molecule has 2 aromatic heterocycles. The monoisotopic (exact) mass is 373 g/mol. The van der Waals surface area contributed by atoms with Gasteiger partial charge >= 0.3 is 7.82 Å². The molecule has 11 nitrogen and oxygen atoms in total. The number of aliphatic hydroxyl groups is 2. The Bertz CT molecular complexity index is 824. The van der Waals surface area contributed by atoms with Gasteiger partial charge in [0.15, 0.2) is 11.5 Å². The molecule has 12 heteroatoms. The number of anilines is 1. The van der Waals surface area contributed by atoms with Crippen LogP contribution in [0.25, 0.3) is 11.2 Å². The highest BCUT2D eigenvalue weighted by Crippen LogP contribution is 2.48. The minimum atomic E-state index is -4.68. The lowest BCUT2D eigenvalue weighted by Gasteiger charge is -2.28. The Morgan fingerprint density at radius 1 is 1.40 bits per heavy atom. The molecule has 0 amide bonds. The highest BCUT2D eigenvalue weighted by molar-refractivity contribution is 7.46. The summed E-state index contributed by atoms with van der Waals surface area (Å²) in [7, 11) is -2.98. The first kappa shape index (κ1) is 18.2. The summed E-state index contributed by atoms with van der Waals surface area (Å²) in [5.41, 5.74) is -0.0387. The maximum atomic E-state index is 11.0. The molecule has 1 saturated carbocycles. The smallest absolute Gasteiger partial charge is 0.390 e. The van der Waals surface area contributed by atoms with Gasteiger partial charge in [-0.25, -0.2) is 19.5 Å². The van der Waals surface area contributed by atoms with Crippen LogP contribution >= 0.6 is 7.82 Å². The van der Waals surface area contributed by atoms with Gasteiger partial charge in [0.25, 0.3) is 0 Å². The number of rotatable bonds is 5. The first-order valence-corrected chi connectivity index (χ1v) is 9.11. The van der Waals surface area contributed by atoms with Crippen molar-refractivity contribution < 1.29 is 29.1 Å². The predicted molar refractivity (Wildman–Crippen MR) is 86.6 cm³/mol. The van der Waals surface area contributed by atoms with Gasteiger partial charge in [-0.2, -0.15) is 0 Å². The van der Waals surface area contributed by atoms with Crippen molar-refractivity contribution in [1.82, 2.24) is 19.5 Å². The molecular formula is C13H20N5O6P. The van der Waals surface area contributed by atoms with Gasteiger partial charge < -0.3 is 29.9 Å². The van der Waals surface area contributed by atoms with Gasteiger partial charge in [0.1, 0.15) is 17.9 Å². The van der Waals surface area contributed by atoms with Crippen LogP contribution in [0.2, 0.25) is 0 Å². The second-order valence-electron chi connectivity index (χ2n) is 6.42. The van der Waals surface area contributed by atoms with E-state index < -0.39 is 38.1 Å². The van der Waals surface area contributed by atoms with E-state index in [0.29, 0.717) is 17.0 Å². The summed E-state index contributed by atoms with van der Waals surface area (Å²) >= 11 is 0. The minimum absolute atomic E-state index is 0.222. The van der Waals surface area contributed by atoms with Crippen LogP contribution in [-0.4, -0.2) is 65.4 Å². The van der Waals surface area contributed by atoms with Crippen LogP contribution in [0.15, 0.2) is 12.7 Å². The van der Waals surface area contributed by atoms with Crippen LogP contribution in [0.3, 0.4) is 0 Å². The molecule has 0 aliphatic heterocycles. The lowest BCUT2D eigenvalue weighted by atomic mass is 9.87. The van der Waals surface area contributed by atoms with Gasteiger partial charge in [0.2, 0.25) is 0 Å². The molecule has 4 atom stereocenters. The molecule has 2 heterocycles. The Balaban J connectivity index is 1.92. The van der Waals surface area contributed by atoms with Gasteiger partial charge in [0, 0.05) is 12.5 Å². The highest BCUT2D eigenvalue weighted by Gasteiger charge is 2.51. The first-order valence-electron chi connectivity index (χ1n) is 7.58. The molecule has 2 aromatic rings. The number of phosphoric acid groups is 1. The van der Waals surface area contributed by atoms with Crippen molar-refractivity contribution in [3.05, 3.63) is 12.7 Å². The van der Waals surface area contributed by atoms with Crippen molar-refractivity contribution in [2.75, 3.05) is 19.0 Å². The number of phosphoric ester groups is 1. The largest absolute Gasteiger partial charge is 0.469 e. The Labute approximate surface area is 142 Å². The van der Waals surface area contributed by atoms with E-state index in [-0.39, 0.29) is 6.42 Å². The van der Waals surface area contributed by atoms with Crippen molar-refractivity contribution in [3.63, 3.8) is 0 Å². The van der Waals surface area contributed by atoms with E-state index in [4.69, 9.17) is 9.79 Å².